The summed E-state index contributed by atoms with van der Waals surface area (Å²) in [5.74, 6) is -0.114. The van der Waals surface area contributed by atoms with Gasteiger partial charge in [-0.2, -0.15) is 0 Å². The van der Waals surface area contributed by atoms with Gasteiger partial charge in [-0.25, -0.2) is 17.5 Å². The van der Waals surface area contributed by atoms with E-state index >= 15 is 0 Å². The molecule has 0 bridgehead atoms. The van der Waals surface area contributed by atoms with Gasteiger partial charge in [0.15, 0.2) is 0 Å². The zero-order valence-corrected chi connectivity index (χ0v) is 14.4. The fourth-order valence-corrected chi connectivity index (χ4v) is 4.33. The number of hydrogen-bond acceptors (Lipinski definition) is 3. The number of sulfonamides is 1. The average Bonchev–Trinajstić information content (AvgIpc) is 2.48. The summed E-state index contributed by atoms with van der Waals surface area (Å²) in [6.45, 7) is 1.83. The molecule has 2 rings (SSSR count). The minimum Gasteiger partial charge on any atom is -0.329 e. The van der Waals surface area contributed by atoms with Gasteiger partial charge in [-0.3, -0.25) is 0 Å². The molecule has 0 radical (unpaired) electrons. The van der Waals surface area contributed by atoms with Crippen LogP contribution in [0.4, 0.5) is 4.39 Å². The molecule has 1 saturated carbocycles. The van der Waals surface area contributed by atoms with Crippen molar-refractivity contribution in [1.29, 1.82) is 0 Å². The lowest BCUT2D eigenvalue weighted by molar-refractivity contribution is 0.294. The first-order valence-corrected chi connectivity index (χ1v) is 8.91. The molecule has 3 N–H and O–H groups in total. The molecule has 1 atom stereocenters. The van der Waals surface area contributed by atoms with E-state index in [4.69, 9.17) is 5.73 Å². The first-order valence-electron chi connectivity index (χ1n) is 7.42. The predicted octanol–water partition coefficient (Wildman–Crippen LogP) is 2.74. The van der Waals surface area contributed by atoms with Crippen molar-refractivity contribution in [2.45, 2.75) is 50.0 Å². The van der Waals surface area contributed by atoms with Crippen LogP contribution in [0, 0.1) is 18.7 Å². The van der Waals surface area contributed by atoms with Crippen LogP contribution in [-0.2, 0) is 10.0 Å². The maximum Gasteiger partial charge on any atom is 0.240 e. The van der Waals surface area contributed by atoms with Crippen LogP contribution >= 0.6 is 12.4 Å². The highest BCUT2D eigenvalue weighted by Crippen LogP contribution is 2.27. The number of aryl methyl sites for hydroxylation is 1. The van der Waals surface area contributed by atoms with E-state index in [1.807, 2.05) is 0 Å². The Morgan fingerprint density at radius 1 is 1.32 bits per heavy atom. The van der Waals surface area contributed by atoms with Gasteiger partial charge in [-0.1, -0.05) is 19.3 Å². The smallest absolute Gasteiger partial charge is 0.240 e. The van der Waals surface area contributed by atoms with Gasteiger partial charge in [-0.15, -0.1) is 12.4 Å². The van der Waals surface area contributed by atoms with E-state index in [1.54, 1.807) is 6.92 Å². The lowest BCUT2D eigenvalue weighted by Crippen LogP contribution is -2.45. The highest BCUT2D eigenvalue weighted by molar-refractivity contribution is 7.89. The lowest BCUT2D eigenvalue weighted by Gasteiger charge is -2.29. The van der Waals surface area contributed by atoms with Gasteiger partial charge >= 0.3 is 0 Å². The molecule has 1 fully saturated rings. The van der Waals surface area contributed by atoms with Gasteiger partial charge in [0.2, 0.25) is 10.0 Å². The van der Waals surface area contributed by atoms with Crippen molar-refractivity contribution in [3.8, 4) is 0 Å². The van der Waals surface area contributed by atoms with Crippen molar-refractivity contribution < 1.29 is 12.8 Å². The van der Waals surface area contributed by atoms with E-state index in [-0.39, 0.29) is 29.9 Å². The highest BCUT2D eigenvalue weighted by atomic mass is 35.5. The predicted molar refractivity (Wildman–Crippen MR) is 88.1 cm³/mol. The molecule has 1 aliphatic carbocycles. The van der Waals surface area contributed by atoms with E-state index in [1.165, 1.54) is 24.6 Å². The summed E-state index contributed by atoms with van der Waals surface area (Å²) in [6.07, 6.45) is 5.47. The van der Waals surface area contributed by atoms with Crippen molar-refractivity contribution in [2.75, 3.05) is 6.54 Å². The monoisotopic (exact) mass is 350 g/mol. The maximum atomic E-state index is 13.3. The Labute approximate surface area is 138 Å². The summed E-state index contributed by atoms with van der Waals surface area (Å²) in [5, 5.41) is 0. The van der Waals surface area contributed by atoms with E-state index < -0.39 is 15.8 Å². The molecule has 0 amide bonds. The van der Waals surface area contributed by atoms with Crippen LogP contribution in [0.25, 0.3) is 0 Å². The summed E-state index contributed by atoms with van der Waals surface area (Å²) < 4.78 is 40.8. The second kappa shape index (κ2) is 8.24. The van der Waals surface area contributed by atoms with Crippen LogP contribution in [-0.4, -0.2) is 21.0 Å². The Morgan fingerprint density at radius 3 is 2.50 bits per heavy atom. The minimum atomic E-state index is -3.66. The molecule has 22 heavy (non-hydrogen) atoms. The van der Waals surface area contributed by atoms with Gasteiger partial charge in [0, 0.05) is 12.6 Å². The maximum absolute atomic E-state index is 13.3. The molecule has 0 heterocycles. The Hall–Kier alpha value is -0.690. The van der Waals surface area contributed by atoms with E-state index in [9.17, 15) is 12.8 Å². The topological polar surface area (TPSA) is 72.2 Å². The van der Waals surface area contributed by atoms with Crippen LogP contribution in [0.2, 0.25) is 0 Å². The van der Waals surface area contributed by atoms with Gasteiger partial charge in [0.1, 0.15) is 5.82 Å². The van der Waals surface area contributed by atoms with Crippen LogP contribution < -0.4 is 10.5 Å². The lowest BCUT2D eigenvalue weighted by atomic mass is 9.84. The van der Waals surface area contributed by atoms with Crippen molar-refractivity contribution in [3.05, 3.63) is 29.6 Å². The van der Waals surface area contributed by atoms with E-state index in [0.29, 0.717) is 11.5 Å². The largest absolute Gasteiger partial charge is 0.329 e. The van der Waals surface area contributed by atoms with Crippen molar-refractivity contribution >= 4 is 22.4 Å². The Balaban J connectivity index is 0.00000242. The molecule has 7 heteroatoms. The number of benzene rings is 1. The summed E-state index contributed by atoms with van der Waals surface area (Å²) in [4.78, 5) is 0.0932. The summed E-state index contributed by atoms with van der Waals surface area (Å²) in [7, 11) is -3.66. The third kappa shape index (κ3) is 4.65. The first kappa shape index (κ1) is 19.4. The van der Waals surface area contributed by atoms with Crippen molar-refractivity contribution in [3.63, 3.8) is 0 Å². The summed E-state index contributed by atoms with van der Waals surface area (Å²) in [5.41, 5.74) is 6.08. The molecular formula is C15H24ClFN2O2S. The minimum absolute atomic E-state index is 0. The Kier molecular flexibility index (Phi) is 7.25. The molecule has 4 nitrogen and oxygen atoms in total. The SMILES string of the molecule is Cc1cc(S(=O)(=O)NC(CN)C2CCCCC2)ccc1F.Cl. The second-order valence-electron chi connectivity index (χ2n) is 5.77. The number of nitrogens with one attached hydrogen (secondary N) is 1. The highest BCUT2D eigenvalue weighted by Gasteiger charge is 2.27. The average molecular weight is 351 g/mol. The molecular weight excluding hydrogens is 327 g/mol. The quantitative estimate of drug-likeness (QED) is 0.857. The second-order valence-corrected chi connectivity index (χ2v) is 7.49. The van der Waals surface area contributed by atoms with E-state index in [0.717, 1.165) is 25.7 Å². The Morgan fingerprint density at radius 2 is 1.95 bits per heavy atom. The molecule has 0 spiro atoms. The van der Waals surface area contributed by atoms with Crippen LogP contribution in [0.1, 0.15) is 37.7 Å². The molecule has 0 aromatic heterocycles. The zero-order valence-electron chi connectivity index (χ0n) is 12.7. The molecule has 1 aromatic rings. The molecule has 1 aromatic carbocycles. The van der Waals surface area contributed by atoms with Gasteiger partial charge < -0.3 is 5.73 Å². The van der Waals surface area contributed by atoms with Crippen LogP contribution in [0.15, 0.2) is 23.1 Å². The van der Waals surface area contributed by atoms with Crippen LogP contribution in [0.3, 0.4) is 0 Å². The number of nitrogens with two attached hydrogens (primary N) is 1. The summed E-state index contributed by atoms with van der Waals surface area (Å²) >= 11 is 0. The van der Waals surface area contributed by atoms with Crippen molar-refractivity contribution in [1.82, 2.24) is 4.72 Å². The zero-order chi connectivity index (χ0) is 15.5. The third-order valence-electron chi connectivity index (χ3n) is 4.22. The fraction of sp³-hybridized carbons (Fsp3) is 0.600. The molecule has 1 aliphatic rings. The number of hydrogen-bond donors (Lipinski definition) is 2. The fourth-order valence-electron chi connectivity index (χ4n) is 2.92. The van der Waals surface area contributed by atoms with Gasteiger partial charge in [-0.05, 0) is 49.4 Å². The van der Waals surface area contributed by atoms with E-state index in [2.05, 4.69) is 4.72 Å². The van der Waals surface area contributed by atoms with Crippen molar-refractivity contribution in [2.24, 2.45) is 11.7 Å². The van der Waals surface area contributed by atoms with Crippen LogP contribution in [0.5, 0.6) is 0 Å². The number of rotatable bonds is 5. The number of halogens is 2. The molecule has 126 valence electrons. The van der Waals surface area contributed by atoms with Gasteiger partial charge in [0.25, 0.3) is 0 Å². The third-order valence-corrected chi connectivity index (χ3v) is 5.71. The first-order chi connectivity index (χ1) is 9.94. The van der Waals surface area contributed by atoms with Gasteiger partial charge in [0.05, 0.1) is 4.90 Å². The molecule has 0 aliphatic heterocycles. The standard InChI is InChI=1S/C15H23FN2O2S.ClH/c1-11-9-13(7-8-14(11)16)21(19,20)18-15(10-17)12-5-3-2-4-6-12;/h7-9,12,15,18H,2-6,10,17H2,1H3;1H. The Bertz CT molecular complexity index is 589. The molecule has 0 saturated heterocycles. The summed E-state index contributed by atoms with van der Waals surface area (Å²) in [6, 6.07) is 3.58. The molecule has 1 unspecified atom stereocenters. The normalized spacial score (nSPS) is 17.8.